The van der Waals surface area contributed by atoms with Crippen molar-refractivity contribution in [2.45, 2.75) is 34.1 Å². The Balaban J connectivity index is 2.47. The van der Waals surface area contributed by atoms with Crippen molar-refractivity contribution in [3.63, 3.8) is 0 Å². The van der Waals surface area contributed by atoms with Crippen molar-refractivity contribution < 1.29 is 9.59 Å². The molecule has 20 heavy (non-hydrogen) atoms. The molecule has 0 aromatic heterocycles. The molecule has 2 amide bonds. The maximum atomic E-state index is 12.4. The Hall–Kier alpha value is -1.10. The molecule has 0 aromatic rings. The Labute approximate surface area is 122 Å². The van der Waals surface area contributed by atoms with Crippen LogP contribution in [0.5, 0.6) is 0 Å². The van der Waals surface area contributed by atoms with Crippen LogP contribution in [0.2, 0.25) is 0 Å². The summed E-state index contributed by atoms with van der Waals surface area (Å²) in [5.74, 6) is 1.28. The quantitative estimate of drug-likeness (QED) is 0.789. The number of carbonyl (C=O) groups excluding carboxylic acids is 2. The van der Waals surface area contributed by atoms with Gasteiger partial charge in [-0.2, -0.15) is 0 Å². The Morgan fingerprint density at radius 3 is 2.25 bits per heavy atom. The van der Waals surface area contributed by atoms with Crippen LogP contribution in [0.25, 0.3) is 0 Å². The second-order valence-electron chi connectivity index (χ2n) is 6.00. The van der Waals surface area contributed by atoms with Crippen molar-refractivity contribution in [2.75, 3.05) is 39.3 Å². The van der Waals surface area contributed by atoms with Crippen LogP contribution in [0.15, 0.2) is 0 Å². The zero-order valence-corrected chi connectivity index (χ0v) is 13.3. The van der Waals surface area contributed by atoms with Crippen LogP contribution in [0.3, 0.4) is 0 Å². The summed E-state index contributed by atoms with van der Waals surface area (Å²) in [6.45, 7) is 12.0. The maximum absolute atomic E-state index is 12.4. The van der Waals surface area contributed by atoms with Gasteiger partial charge in [-0.15, -0.1) is 0 Å². The number of amides is 2. The van der Waals surface area contributed by atoms with Gasteiger partial charge in [-0.1, -0.05) is 20.8 Å². The van der Waals surface area contributed by atoms with Crippen LogP contribution in [0.1, 0.15) is 34.1 Å². The van der Waals surface area contributed by atoms with Gasteiger partial charge in [-0.05, 0) is 31.7 Å². The van der Waals surface area contributed by atoms with Gasteiger partial charge in [0.2, 0.25) is 11.8 Å². The fourth-order valence-electron chi connectivity index (χ4n) is 2.89. The molecule has 1 N–H and O–H groups in total. The summed E-state index contributed by atoms with van der Waals surface area (Å²) in [6.07, 6.45) is 1.19. The first-order valence-corrected chi connectivity index (χ1v) is 7.73. The van der Waals surface area contributed by atoms with Crippen molar-refractivity contribution in [3.8, 4) is 0 Å². The van der Waals surface area contributed by atoms with Crippen LogP contribution < -0.4 is 5.32 Å². The molecule has 5 heteroatoms. The number of piperidine rings is 1. The van der Waals surface area contributed by atoms with Gasteiger partial charge in [-0.25, -0.2) is 0 Å². The topological polar surface area (TPSA) is 52.7 Å². The third-order valence-corrected chi connectivity index (χ3v) is 3.77. The van der Waals surface area contributed by atoms with Crippen molar-refractivity contribution in [3.05, 3.63) is 0 Å². The highest BCUT2D eigenvalue weighted by Gasteiger charge is 2.26. The van der Waals surface area contributed by atoms with E-state index < -0.39 is 0 Å². The molecule has 0 saturated carbocycles. The highest BCUT2D eigenvalue weighted by atomic mass is 16.2. The molecular formula is C15H29N3O2. The number of nitrogens with one attached hydrogen (secondary N) is 1. The number of likely N-dealkylation sites (N-methyl/N-ethyl adjacent to an activating group) is 2. The van der Waals surface area contributed by atoms with Gasteiger partial charge >= 0.3 is 0 Å². The fraction of sp³-hybridized carbons (Fsp3) is 0.867. The van der Waals surface area contributed by atoms with E-state index in [-0.39, 0.29) is 11.8 Å². The molecule has 2 unspecified atom stereocenters. The summed E-state index contributed by atoms with van der Waals surface area (Å²) in [5.41, 5.74) is 0. The van der Waals surface area contributed by atoms with Crippen LogP contribution in [0, 0.1) is 11.8 Å². The number of nitrogens with zero attached hydrogens (tertiary/aromatic N) is 2. The van der Waals surface area contributed by atoms with Gasteiger partial charge < -0.3 is 10.2 Å². The molecule has 1 heterocycles. The summed E-state index contributed by atoms with van der Waals surface area (Å²) in [5, 5.41) is 2.77. The van der Waals surface area contributed by atoms with E-state index in [0.717, 1.165) is 13.1 Å². The van der Waals surface area contributed by atoms with Crippen LogP contribution in [-0.2, 0) is 9.59 Å². The van der Waals surface area contributed by atoms with Crippen molar-refractivity contribution in [1.82, 2.24) is 15.1 Å². The van der Waals surface area contributed by atoms with Crippen LogP contribution >= 0.6 is 0 Å². The van der Waals surface area contributed by atoms with E-state index in [0.29, 0.717) is 38.0 Å². The third-order valence-electron chi connectivity index (χ3n) is 3.77. The summed E-state index contributed by atoms with van der Waals surface area (Å²) in [7, 11) is 0. The smallest absolute Gasteiger partial charge is 0.236 e. The molecule has 116 valence electrons. The van der Waals surface area contributed by atoms with Crippen molar-refractivity contribution in [1.29, 1.82) is 0 Å². The number of rotatable bonds is 6. The molecule has 0 aromatic carbocycles. The first-order valence-electron chi connectivity index (χ1n) is 7.73. The minimum atomic E-state index is -0.0115. The highest BCUT2D eigenvalue weighted by molar-refractivity contribution is 5.81. The fourth-order valence-corrected chi connectivity index (χ4v) is 2.89. The lowest BCUT2D eigenvalue weighted by Gasteiger charge is -2.36. The standard InChI is InChI=1S/C15H29N3O2/c1-5-16-14(19)10-17(6-2)11-15(20)18-8-12(3)7-13(4)9-18/h12-13H,5-11H2,1-4H3,(H,16,19). The van der Waals surface area contributed by atoms with Crippen molar-refractivity contribution >= 4 is 11.8 Å². The van der Waals surface area contributed by atoms with Crippen molar-refractivity contribution in [2.24, 2.45) is 11.8 Å². The van der Waals surface area contributed by atoms with E-state index in [1.54, 1.807) is 0 Å². The lowest BCUT2D eigenvalue weighted by molar-refractivity contribution is -0.135. The molecule has 1 aliphatic rings. The van der Waals surface area contributed by atoms with E-state index in [1.165, 1.54) is 6.42 Å². The second kappa shape index (κ2) is 8.25. The second-order valence-corrected chi connectivity index (χ2v) is 6.00. The first kappa shape index (κ1) is 17.0. The zero-order valence-electron chi connectivity index (χ0n) is 13.3. The van der Waals surface area contributed by atoms with Gasteiger partial charge in [0.25, 0.3) is 0 Å². The van der Waals surface area contributed by atoms with Gasteiger partial charge in [0, 0.05) is 19.6 Å². The number of hydrogen-bond acceptors (Lipinski definition) is 3. The van der Waals surface area contributed by atoms with Gasteiger partial charge in [0.1, 0.15) is 0 Å². The Bertz CT molecular complexity index is 323. The molecule has 1 rings (SSSR count). The molecule has 0 radical (unpaired) electrons. The van der Waals surface area contributed by atoms with Gasteiger partial charge in [-0.3, -0.25) is 14.5 Å². The van der Waals surface area contributed by atoms with Gasteiger partial charge in [0.05, 0.1) is 13.1 Å². The maximum Gasteiger partial charge on any atom is 0.236 e. The predicted octanol–water partition coefficient (Wildman–Crippen LogP) is 0.949. The summed E-state index contributed by atoms with van der Waals surface area (Å²) in [4.78, 5) is 27.8. The summed E-state index contributed by atoms with van der Waals surface area (Å²) in [6, 6.07) is 0. The third kappa shape index (κ3) is 5.49. The molecule has 1 aliphatic heterocycles. The minimum absolute atomic E-state index is 0.0115. The summed E-state index contributed by atoms with van der Waals surface area (Å²) < 4.78 is 0. The average molecular weight is 283 g/mol. The Morgan fingerprint density at radius 1 is 1.15 bits per heavy atom. The lowest BCUT2D eigenvalue weighted by atomic mass is 9.92. The average Bonchev–Trinajstić information content (AvgIpc) is 2.36. The molecule has 1 fully saturated rings. The monoisotopic (exact) mass is 283 g/mol. The molecule has 0 spiro atoms. The molecule has 5 nitrogen and oxygen atoms in total. The SMILES string of the molecule is CCNC(=O)CN(CC)CC(=O)N1CC(C)CC(C)C1. The van der Waals surface area contributed by atoms with E-state index in [1.807, 2.05) is 23.6 Å². The molecule has 0 bridgehead atoms. The number of hydrogen-bond donors (Lipinski definition) is 1. The zero-order chi connectivity index (χ0) is 15.1. The number of carbonyl (C=O) groups is 2. The highest BCUT2D eigenvalue weighted by Crippen LogP contribution is 2.20. The minimum Gasteiger partial charge on any atom is -0.355 e. The molecule has 0 aliphatic carbocycles. The molecule has 2 atom stereocenters. The first-order chi connectivity index (χ1) is 9.46. The lowest BCUT2D eigenvalue weighted by Crippen LogP contribution is -2.48. The van der Waals surface area contributed by atoms with E-state index in [4.69, 9.17) is 0 Å². The van der Waals surface area contributed by atoms with E-state index >= 15 is 0 Å². The molecule has 1 saturated heterocycles. The Morgan fingerprint density at radius 2 is 1.75 bits per heavy atom. The number of likely N-dealkylation sites (tertiary alicyclic amines) is 1. The largest absolute Gasteiger partial charge is 0.355 e. The predicted molar refractivity (Wildman–Crippen MR) is 80.3 cm³/mol. The van der Waals surface area contributed by atoms with Crippen LogP contribution in [0.4, 0.5) is 0 Å². The van der Waals surface area contributed by atoms with Gasteiger partial charge in [0.15, 0.2) is 0 Å². The normalized spacial score (nSPS) is 22.9. The van der Waals surface area contributed by atoms with Crippen LogP contribution in [-0.4, -0.2) is 60.9 Å². The Kier molecular flexibility index (Phi) is 6.99. The molecular weight excluding hydrogens is 254 g/mol. The summed E-state index contributed by atoms with van der Waals surface area (Å²) >= 11 is 0. The van der Waals surface area contributed by atoms with E-state index in [9.17, 15) is 9.59 Å². The van der Waals surface area contributed by atoms with E-state index in [2.05, 4.69) is 19.2 Å².